The summed E-state index contributed by atoms with van der Waals surface area (Å²) in [5, 5.41) is 7.19. The summed E-state index contributed by atoms with van der Waals surface area (Å²) in [6, 6.07) is 16.3. The summed E-state index contributed by atoms with van der Waals surface area (Å²) in [5.41, 5.74) is 1.96. The van der Waals surface area contributed by atoms with Crippen LogP contribution in [0, 0.1) is 0 Å². The number of aromatic nitrogens is 2. The summed E-state index contributed by atoms with van der Waals surface area (Å²) in [6.07, 6.45) is -1.72. The number of anilines is 1. The van der Waals surface area contributed by atoms with Crippen LogP contribution < -0.4 is 5.32 Å². The number of likely N-dealkylation sites (tertiary alicyclic amines) is 1. The van der Waals surface area contributed by atoms with Crippen molar-refractivity contribution in [2.24, 2.45) is 0 Å². The first kappa shape index (κ1) is 20.6. The van der Waals surface area contributed by atoms with Crippen LogP contribution in [-0.2, 0) is 0 Å². The van der Waals surface area contributed by atoms with E-state index in [0.717, 1.165) is 28.7 Å². The van der Waals surface area contributed by atoms with Gasteiger partial charge in [0.25, 0.3) is 5.91 Å². The van der Waals surface area contributed by atoms with Crippen molar-refractivity contribution >= 4 is 11.7 Å². The first-order valence-electron chi connectivity index (χ1n) is 10.7. The molecule has 1 amide bonds. The topological polar surface area (TPSA) is 50.2 Å². The van der Waals surface area contributed by atoms with Crippen LogP contribution >= 0.6 is 0 Å². The van der Waals surface area contributed by atoms with E-state index in [9.17, 15) is 18.0 Å². The van der Waals surface area contributed by atoms with Gasteiger partial charge in [-0.25, -0.2) is 4.68 Å². The van der Waals surface area contributed by atoms with Crippen LogP contribution in [-0.4, -0.2) is 33.3 Å². The second-order valence-corrected chi connectivity index (χ2v) is 8.32. The highest BCUT2D eigenvalue weighted by atomic mass is 19.4. The zero-order valence-corrected chi connectivity index (χ0v) is 17.3. The van der Waals surface area contributed by atoms with Crippen LogP contribution in [0.2, 0.25) is 0 Å². The Balaban J connectivity index is 1.51. The molecular formula is C24H23F3N4O. The van der Waals surface area contributed by atoms with E-state index in [4.69, 9.17) is 0 Å². The molecule has 2 aliphatic rings. The number of halogens is 3. The Morgan fingerprint density at radius 3 is 2.31 bits per heavy atom. The Kier molecular flexibility index (Phi) is 5.15. The number of carbonyl (C=O) groups excluding carboxylic acids is 1. The van der Waals surface area contributed by atoms with E-state index in [0.29, 0.717) is 6.54 Å². The van der Waals surface area contributed by atoms with Gasteiger partial charge in [0.1, 0.15) is 11.4 Å². The lowest BCUT2D eigenvalue weighted by Crippen LogP contribution is -2.37. The van der Waals surface area contributed by atoms with Crippen LogP contribution in [0.4, 0.5) is 19.0 Å². The van der Waals surface area contributed by atoms with Gasteiger partial charge in [0.2, 0.25) is 0 Å². The van der Waals surface area contributed by atoms with Gasteiger partial charge < -0.3 is 10.2 Å². The molecule has 1 fully saturated rings. The Labute approximate surface area is 183 Å². The maximum Gasteiger partial charge on any atom is 0.410 e. The van der Waals surface area contributed by atoms with Crippen molar-refractivity contribution in [2.45, 2.75) is 43.6 Å². The van der Waals surface area contributed by atoms with Gasteiger partial charge in [0.15, 0.2) is 6.04 Å². The minimum absolute atomic E-state index is 0.0915. The van der Waals surface area contributed by atoms with E-state index in [1.165, 1.54) is 6.20 Å². The third-order valence-corrected chi connectivity index (χ3v) is 6.37. The van der Waals surface area contributed by atoms with Gasteiger partial charge in [0.05, 0.1) is 18.3 Å². The highest BCUT2D eigenvalue weighted by molar-refractivity contribution is 5.99. The van der Waals surface area contributed by atoms with E-state index in [1.54, 1.807) is 29.2 Å². The molecule has 1 aromatic heterocycles. The second-order valence-electron chi connectivity index (χ2n) is 8.32. The number of hydrogen-bond acceptors (Lipinski definition) is 3. The van der Waals surface area contributed by atoms with Crippen molar-refractivity contribution in [1.29, 1.82) is 0 Å². The summed E-state index contributed by atoms with van der Waals surface area (Å²) >= 11 is 0. The maximum atomic E-state index is 13.9. The van der Waals surface area contributed by atoms with Crippen molar-refractivity contribution in [3.05, 3.63) is 83.6 Å². The molecule has 5 nitrogen and oxygen atoms in total. The molecular weight excluding hydrogens is 417 g/mol. The largest absolute Gasteiger partial charge is 0.410 e. The number of amides is 1. The molecule has 1 N–H and O–H groups in total. The van der Waals surface area contributed by atoms with Gasteiger partial charge in [-0.05, 0) is 24.0 Å². The highest BCUT2D eigenvalue weighted by Gasteiger charge is 2.47. The predicted molar refractivity (Wildman–Crippen MR) is 114 cm³/mol. The molecule has 0 radical (unpaired) electrons. The Morgan fingerprint density at radius 2 is 1.66 bits per heavy atom. The molecule has 3 atom stereocenters. The van der Waals surface area contributed by atoms with Crippen LogP contribution in [0.3, 0.4) is 0 Å². The number of nitrogens with one attached hydrogen (secondary N) is 1. The highest BCUT2D eigenvalue weighted by Crippen LogP contribution is 2.45. The molecule has 1 saturated heterocycles. The molecule has 5 rings (SSSR count). The van der Waals surface area contributed by atoms with Crippen molar-refractivity contribution in [1.82, 2.24) is 14.7 Å². The Bertz CT molecular complexity index is 1100. The molecule has 2 aromatic carbocycles. The quantitative estimate of drug-likeness (QED) is 0.583. The SMILES string of the molecule is O=C(c1cnn2c1NC(c1ccccc1)CC2C(F)(F)F)N1CCCC1c1ccccc1. The van der Waals surface area contributed by atoms with E-state index in [-0.39, 0.29) is 29.8 Å². The van der Waals surface area contributed by atoms with Gasteiger partial charge in [-0.3, -0.25) is 4.79 Å². The molecule has 3 heterocycles. The van der Waals surface area contributed by atoms with Crippen molar-refractivity contribution in [2.75, 3.05) is 11.9 Å². The second kappa shape index (κ2) is 8.00. The van der Waals surface area contributed by atoms with E-state index >= 15 is 0 Å². The van der Waals surface area contributed by atoms with Crippen molar-refractivity contribution in [3.8, 4) is 0 Å². The number of fused-ring (bicyclic) bond motifs is 1. The monoisotopic (exact) mass is 440 g/mol. The average molecular weight is 440 g/mol. The van der Waals surface area contributed by atoms with Crippen molar-refractivity contribution < 1.29 is 18.0 Å². The molecule has 2 aliphatic heterocycles. The summed E-state index contributed by atoms with van der Waals surface area (Å²) in [6.45, 7) is 0.563. The molecule has 8 heteroatoms. The average Bonchev–Trinajstić information content (AvgIpc) is 3.46. The first-order valence-corrected chi connectivity index (χ1v) is 10.7. The molecule has 3 aromatic rings. The number of carbonyl (C=O) groups is 1. The summed E-state index contributed by atoms with van der Waals surface area (Å²) in [7, 11) is 0. The lowest BCUT2D eigenvalue weighted by molar-refractivity contribution is -0.173. The van der Waals surface area contributed by atoms with Gasteiger partial charge in [-0.2, -0.15) is 18.3 Å². The normalized spacial score (nSPS) is 23.0. The molecule has 3 unspecified atom stereocenters. The molecule has 0 aliphatic carbocycles. The van der Waals surface area contributed by atoms with Gasteiger partial charge in [0, 0.05) is 13.0 Å². The molecule has 0 bridgehead atoms. The van der Waals surface area contributed by atoms with Gasteiger partial charge >= 0.3 is 6.18 Å². The fourth-order valence-electron chi connectivity index (χ4n) is 4.81. The minimum Gasteiger partial charge on any atom is -0.363 e. The van der Waals surface area contributed by atoms with Gasteiger partial charge in [-0.15, -0.1) is 0 Å². The number of rotatable bonds is 3. The number of hydrogen-bond donors (Lipinski definition) is 1. The number of alkyl halides is 3. The predicted octanol–water partition coefficient (Wildman–Crippen LogP) is 5.52. The molecule has 166 valence electrons. The first-order chi connectivity index (χ1) is 15.4. The summed E-state index contributed by atoms with van der Waals surface area (Å²) in [4.78, 5) is 15.3. The zero-order chi connectivity index (χ0) is 22.3. The molecule has 0 saturated carbocycles. The minimum atomic E-state index is -4.48. The van der Waals surface area contributed by atoms with E-state index < -0.39 is 18.3 Å². The standard InChI is InChI=1S/C24H23F3N4O/c25-24(26,27)21-14-19(16-8-3-1-4-9-16)29-22-18(15-28-31(21)22)23(32)30-13-7-12-20(30)17-10-5-2-6-11-17/h1-6,8-11,15,19-21,29H,7,12-14H2. The van der Waals surface area contributed by atoms with Crippen LogP contribution in [0.15, 0.2) is 66.9 Å². The Hall–Kier alpha value is -3.29. The lowest BCUT2D eigenvalue weighted by Gasteiger charge is -2.34. The fourth-order valence-corrected chi connectivity index (χ4v) is 4.81. The molecule has 0 spiro atoms. The van der Waals surface area contributed by atoms with Crippen molar-refractivity contribution in [3.63, 3.8) is 0 Å². The van der Waals surface area contributed by atoms with Gasteiger partial charge in [-0.1, -0.05) is 60.7 Å². The molecule has 32 heavy (non-hydrogen) atoms. The van der Waals surface area contributed by atoms with Crippen LogP contribution in [0.1, 0.15) is 58.9 Å². The lowest BCUT2D eigenvalue weighted by atomic mass is 9.96. The third-order valence-electron chi connectivity index (χ3n) is 6.37. The third kappa shape index (κ3) is 3.63. The van der Waals surface area contributed by atoms with Crippen LogP contribution in [0.25, 0.3) is 0 Å². The van der Waals surface area contributed by atoms with E-state index in [1.807, 2.05) is 36.4 Å². The maximum absolute atomic E-state index is 13.9. The van der Waals surface area contributed by atoms with E-state index in [2.05, 4.69) is 10.4 Å². The zero-order valence-electron chi connectivity index (χ0n) is 17.3. The fraction of sp³-hybridized carbons (Fsp3) is 0.333. The smallest absolute Gasteiger partial charge is 0.363 e. The number of nitrogens with zero attached hydrogens (tertiary/aromatic N) is 3. The summed E-state index contributed by atoms with van der Waals surface area (Å²) in [5.74, 6) is -0.157. The number of benzene rings is 2. The van der Waals surface area contributed by atoms with Crippen LogP contribution in [0.5, 0.6) is 0 Å². The Morgan fingerprint density at radius 1 is 1.00 bits per heavy atom. The summed E-state index contributed by atoms with van der Waals surface area (Å²) < 4.78 is 42.7.